The fraction of sp³-hybridized carbons (Fsp3) is 0.211. The highest BCUT2D eigenvalue weighted by molar-refractivity contribution is 7.89. The van der Waals surface area contributed by atoms with Gasteiger partial charge in [0.25, 0.3) is 0 Å². The van der Waals surface area contributed by atoms with Crippen LogP contribution in [0.1, 0.15) is 0 Å². The Morgan fingerprint density at radius 3 is 2.57 bits per heavy atom. The lowest BCUT2D eigenvalue weighted by Crippen LogP contribution is -2.22. The van der Waals surface area contributed by atoms with E-state index in [1.54, 1.807) is 10.8 Å². The summed E-state index contributed by atoms with van der Waals surface area (Å²) in [4.78, 5) is 4.13. The lowest BCUT2D eigenvalue weighted by Gasteiger charge is -2.12. The first-order valence-electron chi connectivity index (χ1n) is 8.46. The molecule has 0 bridgehead atoms. The van der Waals surface area contributed by atoms with Crippen LogP contribution < -0.4 is 5.73 Å². The molecule has 2 heterocycles. The second kappa shape index (κ2) is 10.6. The van der Waals surface area contributed by atoms with Crippen LogP contribution in [0.5, 0.6) is 0 Å². The van der Waals surface area contributed by atoms with E-state index in [4.69, 9.17) is 17.3 Å². The summed E-state index contributed by atoms with van der Waals surface area (Å²) < 4.78 is 41.8. The van der Waals surface area contributed by atoms with Crippen LogP contribution in [0.3, 0.4) is 0 Å². The van der Waals surface area contributed by atoms with Crippen molar-refractivity contribution >= 4 is 57.3 Å². The van der Waals surface area contributed by atoms with Crippen molar-refractivity contribution in [2.24, 2.45) is 5.73 Å². The minimum atomic E-state index is -3.66. The number of fused-ring (bicyclic) bond motifs is 1. The molecule has 6 nitrogen and oxygen atoms in total. The molecule has 0 amide bonds. The average Bonchev–Trinajstić information content (AvgIpc) is 2.94. The average molecular weight is 496 g/mol. The standard InChI is InChI=1S/C19H20ClFN4O2S.2ClH/c1-24(2)28(26,27)15-9-13(10-23-11-15)18-16-5-3-4-6-17(16)25(19(18)20)12-14(21)7-8-22;;/h3-7,9-11H,8,12,22H2,1-2H3;2*1H. The molecular weight excluding hydrogens is 474 g/mol. The maximum absolute atomic E-state index is 14.1. The molecule has 0 aliphatic heterocycles. The van der Waals surface area contributed by atoms with Crippen LogP contribution in [-0.4, -0.2) is 42.9 Å². The fourth-order valence-corrected chi connectivity index (χ4v) is 4.21. The van der Waals surface area contributed by atoms with Gasteiger partial charge in [-0.3, -0.25) is 4.98 Å². The minimum absolute atomic E-state index is 0. The third-order valence-electron chi connectivity index (χ3n) is 4.34. The van der Waals surface area contributed by atoms with Crippen molar-refractivity contribution < 1.29 is 12.8 Å². The molecule has 0 radical (unpaired) electrons. The van der Waals surface area contributed by atoms with Crippen molar-refractivity contribution in [1.82, 2.24) is 13.9 Å². The maximum atomic E-state index is 14.1. The van der Waals surface area contributed by atoms with Gasteiger partial charge in [-0.05, 0) is 18.2 Å². The Morgan fingerprint density at radius 1 is 1.27 bits per heavy atom. The first kappa shape index (κ1) is 26.4. The molecule has 2 aromatic heterocycles. The molecule has 0 aliphatic carbocycles. The molecule has 164 valence electrons. The quantitative estimate of drug-likeness (QED) is 0.554. The topological polar surface area (TPSA) is 81.2 Å². The molecule has 0 unspecified atom stereocenters. The fourth-order valence-electron chi connectivity index (χ4n) is 2.95. The summed E-state index contributed by atoms with van der Waals surface area (Å²) in [5.74, 6) is -0.404. The van der Waals surface area contributed by atoms with Crippen molar-refractivity contribution in [2.45, 2.75) is 11.4 Å². The number of halogens is 4. The summed E-state index contributed by atoms with van der Waals surface area (Å²) in [5, 5.41) is 1.07. The van der Waals surface area contributed by atoms with Crippen molar-refractivity contribution in [1.29, 1.82) is 0 Å². The van der Waals surface area contributed by atoms with E-state index < -0.39 is 15.9 Å². The van der Waals surface area contributed by atoms with Gasteiger partial charge < -0.3 is 10.3 Å². The normalized spacial score (nSPS) is 12.0. The number of para-hydroxylation sites is 1. The van der Waals surface area contributed by atoms with Crippen LogP contribution in [0.4, 0.5) is 4.39 Å². The smallest absolute Gasteiger partial charge is 0.244 e. The highest BCUT2D eigenvalue weighted by atomic mass is 35.5. The Hall–Kier alpha value is -1.68. The number of allylic oxidation sites excluding steroid dienone is 1. The molecule has 2 N–H and O–H groups in total. The predicted molar refractivity (Wildman–Crippen MR) is 124 cm³/mol. The number of benzene rings is 1. The molecule has 11 heteroatoms. The van der Waals surface area contributed by atoms with Gasteiger partial charge in [-0.15, -0.1) is 24.8 Å². The monoisotopic (exact) mass is 494 g/mol. The molecule has 3 aromatic rings. The van der Waals surface area contributed by atoms with Gasteiger partial charge in [0.05, 0.1) is 12.1 Å². The molecule has 0 saturated carbocycles. The van der Waals surface area contributed by atoms with Gasteiger partial charge in [-0.2, -0.15) is 0 Å². The highest BCUT2D eigenvalue weighted by Gasteiger charge is 2.22. The van der Waals surface area contributed by atoms with Gasteiger partial charge in [0, 0.05) is 49.5 Å². The number of nitrogens with two attached hydrogens (primary N) is 1. The zero-order chi connectivity index (χ0) is 20.5. The Labute approximate surface area is 192 Å². The third kappa shape index (κ3) is 4.96. The molecule has 3 rings (SSSR count). The van der Waals surface area contributed by atoms with Crippen molar-refractivity contribution in [2.75, 3.05) is 20.6 Å². The lowest BCUT2D eigenvalue weighted by molar-refractivity contribution is 0.520. The summed E-state index contributed by atoms with van der Waals surface area (Å²) in [5.41, 5.74) is 7.24. The number of sulfonamides is 1. The number of rotatable bonds is 6. The molecule has 0 saturated heterocycles. The summed E-state index contributed by atoms with van der Waals surface area (Å²) in [6, 6.07) is 8.87. The van der Waals surface area contributed by atoms with Gasteiger partial charge in [0.2, 0.25) is 10.0 Å². The summed E-state index contributed by atoms with van der Waals surface area (Å²) in [7, 11) is -0.752. The minimum Gasteiger partial charge on any atom is -0.327 e. The molecule has 30 heavy (non-hydrogen) atoms. The number of pyridine rings is 1. The third-order valence-corrected chi connectivity index (χ3v) is 6.51. The molecule has 1 aromatic carbocycles. The second-order valence-corrected chi connectivity index (χ2v) is 8.86. The molecule has 0 atom stereocenters. The van der Waals surface area contributed by atoms with Gasteiger partial charge in [0.15, 0.2) is 0 Å². The SMILES string of the molecule is CN(C)S(=O)(=O)c1cncc(-c2c(Cl)n(CC(F)=CCN)c3ccccc23)c1.Cl.Cl. The number of hydrogen-bond acceptors (Lipinski definition) is 4. The van der Waals surface area contributed by atoms with Gasteiger partial charge in [-0.25, -0.2) is 17.1 Å². The van der Waals surface area contributed by atoms with Crippen LogP contribution in [0.15, 0.2) is 59.5 Å². The highest BCUT2D eigenvalue weighted by Crippen LogP contribution is 2.39. The van der Waals surface area contributed by atoms with Crippen molar-refractivity contribution in [3.63, 3.8) is 0 Å². The van der Waals surface area contributed by atoms with Gasteiger partial charge in [-0.1, -0.05) is 29.8 Å². The van der Waals surface area contributed by atoms with Gasteiger partial charge in [0.1, 0.15) is 15.9 Å². The van der Waals surface area contributed by atoms with Crippen LogP contribution in [0, 0.1) is 0 Å². The summed E-state index contributed by atoms with van der Waals surface area (Å²) >= 11 is 6.61. The molecule has 0 fully saturated rings. The van der Waals surface area contributed by atoms with Crippen LogP contribution in [0.25, 0.3) is 22.0 Å². The van der Waals surface area contributed by atoms with Crippen LogP contribution >= 0.6 is 36.4 Å². The van der Waals surface area contributed by atoms with E-state index in [9.17, 15) is 12.8 Å². The molecule has 0 spiro atoms. The number of aromatic nitrogens is 2. The van der Waals surface area contributed by atoms with E-state index in [1.807, 2.05) is 24.3 Å². The zero-order valence-corrected chi connectivity index (χ0v) is 19.5. The molecular formula is C19H22Cl3FN4O2S. The summed E-state index contributed by atoms with van der Waals surface area (Å²) in [6.45, 7) is 0.0174. The second-order valence-electron chi connectivity index (χ2n) is 6.35. The van der Waals surface area contributed by atoms with Gasteiger partial charge >= 0.3 is 0 Å². The zero-order valence-electron chi connectivity index (χ0n) is 16.2. The maximum Gasteiger partial charge on any atom is 0.244 e. The first-order valence-corrected chi connectivity index (χ1v) is 10.3. The van der Waals surface area contributed by atoms with E-state index in [-0.39, 0.29) is 42.8 Å². The molecule has 0 aliphatic rings. The van der Waals surface area contributed by atoms with E-state index in [1.165, 1.54) is 32.4 Å². The Kier molecular flexibility index (Phi) is 9.28. The van der Waals surface area contributed by atoms with E-state index in [0.717, 1.165) is 15.2 Å². The largest absolute Gasteiger partial charge is 0.327 e. The summed E-state index contributed by atoms with van der Waals surface area (Å²) in [6.07, 6.45) is 4.12. The number of hydrogen-bond donors (Lipinski definition) is 1. The Morgan fingerprint density at radius 2 is 1.93 bits per heavy atom. The van der Waals surface area contributed by atoms with E-state index in [2.05, 4.69) is 4.98 Å². The Balaban J connectivity index is 0.00000225. The van der Waals surface area contributed by atoms with E-state index in [0.29, 0.717) is 16.3 Å². The Bertz CT molecular complexity index is 1160. The van der Waals surface area contributed by atoms with Crippen molar-refractivity contribution in [3.05, 3.63) is 59.8 Å². The lowest BCUT2D eigenvalue weighted by atomic mass is 10.1. The van der Waals surface area contributed by atoms with E-state index >= 15 is 0 Å². The first-order chi connectivity index (χ1) is 13.3. The number of nitrogens with zero attached hydrogens (tertiary/aromatic N) is 3. The van der Waals surface area contributed by atoms with Crippen molar-refractivity contribution in [3.8, 4) is 11.1 Å². The predicted octanol–water partition coefficient (Wildman–Crippen LogP) is 4.26. The van der Waals surface area contributed by atoms with Crippen LogP contribution in [-0.2, 0) is 16.6 Å². The van der Waals surface area contributed by atoms with Crippen LogP contribution in [0.2, 0.25) is 5.15 Å².